The van der Waals surface area contributed by atoms with E-state index in [1.54, 1.807) is 26.8 Å². The number of allylic oxidation sites excluding steroid dienone is 4. The Kier molecular flexibility index (Phi) is 4.24. The van der Waals surface area contributed by atoms with Crippen molar-refractivity contribution in [2.75, 3.05) is 6.61 Å². The van der Waals surface area contributed by atoms with E-state index in [-0.39, 0.29) is 18.1 Å². The van der Waals surface area contributed by atoms with Crippen LogP contribution in [0, 0.1) is 22.7 Å². The maximum Gasteiger partial charge on any atom is 0.193 e. The fourth-order valence-electron chi connectivity index (χ4n) is 7.93. The molecule has 0 bridgehead atoms. The van der Waals surface area contributed by atoms with Gasteiger partial charge in [0.05, 0.1) is 12.2 Å². The van der Waals surface area contributed by atoms with Gasteiger partial charge in [-0.2, -0.15) is 0 Å². The molecule has 3 saturated carbocycles. The van der Waals surface area contributed by atoms with Gasteiger partial charge in [0.15, 0.2) is 28.6 Å². The minimum absolute atomic E-state index is 0.0109. The highest BCUT2D eigenvalue weighted by atomic mass is 19.1. The summed E-state index contributed by atoms with van der Waals surface area (Å²) in [7, 11) is 0. The Morgan fingerprint density at radius 3 is 2.65 bits per heavy atom. The van der Waals surface area contributed by atoms with Crippen molar-refractivity contribution in [3.8, 4) is 0 Å². The normalized spacial score (nSPS) is 52.1. The van der Waals surface area contributed by atoms with Gasteiger partial charge in [0.2, 0.25) is 0 Å². The smallest absolute Gasteiger partial charge is 0.193 e. The maximum absolute atomic E-state index is 17.1. The molecule has 0 spiro atoms. The molecule has 31 heavy (non-hydrogen) atoms. The molecule has 6 nitrogen and oxygen atoms in total. The van der Waals surface area contributed by atoms with Crippen molar-refractivity contribution in [1.29, 1.82) is 0 Å². The zero-order chi connectivity index (χ0) is 22.6. The molecule has 4 fully saturated rings. The fraction of sp³-hybridized carbons (Fsp3) is 0.750. The number of carbonyl (C=O) groups is 2. The number of aliphatic hydroxyl groups excluding tert-OH is 2. The van der Waals surface area contributed by atoms with Gasteiger partial charge in [-0.3, -0.25) is 9.59 Å². The first-order valence-electron chi connectivity index (χ1n) is 11.2. The topological polar surface area (TPSA) is 93.1 Å². The quantitative estimate of drug-likeness (QED) is 0.694. The fourth-order valence-corrected chi connectivity index (χ4v) is 7.93. The van der Waals surface area contributed by atoms with Gasteiger partial charge >= 0.3 is 0 Å². The SMILES string of the molecule is CC1(C)O[C@H]2C[C@H]3[C@@H]4CCC5=CC(=O)C=C[C@]5(C)C4(F)[C@@H](O)C[C@]3(C)[C@]2(C(=O)CO)O1. The van der Waals surface area contributed by atoms with Crippen molar-refractivity contribution in [3.63, 3.8) is 0 Å². The van der Waals surface area contributed by atoms with Gasteiger partial charge in [-0.05, 0) is 64.5 Å². The molecule has 2 N–H and O–H groups in total. The first-order chi connectivity index (χ1) is 14.4. The highest BCUT2D eigenvalue weighted by Crippen LogP contribution is 2.72. The third-order valence-corrected chi connectivity index (χ3v) is 9.19. The number of alkyl halides is 1. The number of fused-ring (bicyclic) bond motifs is 7. The Labute approximate surface area is 181 Å². The molecule has 170 valence electrons. The number of rotatable bonds is 2. The Morgan fingerprint density at radius 1 is 1.26 bits per heavy atom. The van der Waals surface area contributed by atoms with E-state index in [2.05, 4.69) is 0 Å². The minimum atomic E-state index is -1.98. The van der Waals surface area contributed by atoms with E-state index in [0.29, 0.717) is 19.3 Å². The molecular weight excluding hydrogens is 403 g/mol. The van der Waals surface area contributed by atoms with Gasteiger partial charge in [0.25, 0.3) is 0 Å². The number of hydrogen-bond acceptors (Lipinski definition) is 6. The zero-order valence-corrected chi connectivity index (χ0v) is 18.5. The average molecular weight is 435 g/mol. The van der Waals surface area contributed by atoms with E-state index >= 15 is 4.39 Å². The highest BCUT2D eigenvalue weighted by molar-refractivity contribution is 6.01. The molecule has 8 atom stereocenters. The molecule has 0 aromatic heterocycles. The van der Waals surface area contributed by atoms with Crippen molar-refractivity contribution < 1.29 is 33.7 Å². The zero-order valence-electron chi connectivity index (χ0n) is 18.5. The monoisotopic (exact) mass is 434 g/mol. The lowest BCUT2D eigenvalue weighted by Gasteiger charge is -2.62. The van der Waals surface area contributed by atoms with Crippen LogP contribution in [0.3, 0.4) is 0 Å². The van der Waals surface area contributed by atoms with E-state index in [1.165, 1.54) is 12.2 Å². The Hall–Kier alpha value is -1.41. The molecule has 5 rings (SSSR count). The van der Waals surface area contributed by atoms with Crippen molar-refractivity contribution in [2.24, 2.45) is 22.7 Å². The van der Waals surface area contributed by atoms with Crippen LogP contribution in [-0.2, 0) is 19.1 Å². The van der Waals surface area contributed by atoms with Crippen LogP contribution in [-0.4, -0.2) is 57.7 Å². The molecule has 1 heterocycles. The number of ketones is 2. The lowest BCUT2D eigenvalue weighted by Crippen LogP contribution is -2.70. The first-order valence-corrected chi connectivity index (χ1v) is 11.2. The summed E-state index contributed by atoms with van der Waals surface area (Å²) in [6.45, 7) is 6.41. The van der Waals surface area contributed by atoms with E-state index in [9.17, 15) is 19.8 Å². The van der Waals surface area contributed by atoms with E-state index in [4.69, 9.17) is 9.47 Å². The number of carbonyl (C=O) groups excluding carboxylic acids is 2. The van der Waals surface area contributed by atoms with Crippen LogP contribution in [0.15, 0.2) is 23.8 Å². The molecule has 5 aliphatic rings. The third kappa shape index (κ3) is 2.31. The van der Waals surface area contributed by atoms with Gasteiger partial charge in [0, 0.05) is 16.7 Å². The first kappa shape index (κ1) is 21.4. The highest BCUT2D eigenvalue weighted by Gasteiger charge is 2.79. The summed E-state index contributed by atoms with van der Waals surface area (Å²) in [5.41, 5.74) is -4.66. The van der Waals surface area contributed by atoms with Crippen LogP contribution < -0.4 is 0 Å². The minimum Gasteiger partial charge on any atom is -0.390 e. The van der Waals surface area contributed by atoms with Crippen LogP contribution >= 0.6 is 0 Å². The summed E-state index contributed by atoms with van der Waals surface area (Å²) >= 11 is 0. The van der Waals surface area contributed by atoms with E-state index < -0.39 is 58.4 Å². The van der Waals surface area contributed by atoms with Crippen molar-refractivity contribution in [3.05, 3.63) is 23.8 Å². The van der Waals surface area contributed by atoms with Gasteiger partial charge < -0.3 is 19.7 Å². The molecule has 0 aromatic rings. The predicted octanol–water partition coefficient (Wildman–Crippen LogP) is 2.42. The van der Waals surface area contributed by atoms with Crippen molar-refractivity contribution in [1.82, 2.24) is 0 Å². The summed E-state index contributed by atoms with van der Waals surface area (Å²) in [6.07, 6.45) is 4.00. The molecule has 4 aliphatic carbocycles. The lowest BCUT2D eigenvalue weighted by molar-refractivity contribution is -0.246. The summed E-state index contributed by atoms with van der Waals surface area (Å²) in [4.78, 5) is 25.1. The number of Topliss-reactive ketones (excluding diaryl/α,β-unsaturated/α-hetero) is 1. The number of hydrogen-bond donors (Lipinski definition) is 2. The second-order valence-electron chi connectivity index (χ2n) is 10.9. The van der Waals surface area contributed by atoms with Gasteiger partial charge in [-0.25, -0.2) is 4.39 Å². The maximum atomic E-state index is 17.1. The number of aliphatic hydroxyl groups is 2. The Bertz CT molecular complexity index is 925. The molecule has 1 aliphatic heterocycles. The lowest BCUT2D eigenvalue weighted by atomic mass is 9.44. The van der Waals surface area contributed by atoms with E-state index in [0.717, 1.165) is 5.57 Å². The summed E-state index contributed by atoms with van der Waals surface area (Å²) < 4.78 is 29.5. The van der Waals surface area contributed by atoms with Crippen LogP contribution in [0.4, 0.5) is 4.39 Å². The molecule has 0 radical (unpaired) electrons. The second-order valence-corrected chi connectivity index (χ2v) is 10.9. The molecule has 1 saturated heterocycles. The third-order valence-electron chi connectivity index (χ3n) is 9.19. The summed E-state index contributed by atoms with van der Waals surface area (Å²) in [6, 6.07) is 0. The molecule has 1 unspecified atom stereocenters. The van der Waals surface area contributed by atoms with E-state index in [1.807, 2.05) is 6.92 Å². The molecule has 7 heteroatoms. The summed E-state index contributed by atoms with van der Waals surface area (Å²) in [5, 5.41) is 21.2. The summed E-state index contributed by atoms with van der Waals surface area (Å²) in [5.74, 6) is -2.46. The van der Waals surface area contributed by atoms with Crippen LogP contribution in [0.5, 0.6) is 0 Å². The Balaban J connectivity index is 1.64. The predicted molar refractivity (Wildman–Crippen MR) is 109 cm³/mol. The van der Waals surface area contributed by atoms with Crippen LogP contribution in [0.2, 0.25) is 0 Å². The largest absolute Gasteiger partial charge is 0.390 e. The van der Waals surface area contributed by atoms with Gasteiger partial charge in [-0.15, -0.1) is 0 Å². The molecule has 0 amide bonds. The molecule has 0 aromatic carbocycles. The van der Waals surface area contributed by atoms with Crippen LogP contribution in [0.1, 0.15) is 53.4 Å². The van der Waals surface area contributed by atoms with Gasteiger partial charge in [-0.1, -0.05) is 18.6 Å². The molecular formula is C24H31FO6. The van der Waals surface area contributed by atoms with Crippen molar-refractivity contribution in [2.45, 2.75) is 82.6 Å². The van der Waals surface area contributed by atoms with Gasteiger partial charge in [0.1, 0.15) is 6.61 Å². The second kappa shape index (κ2) is 6.13. The van der Waals surface area contributed by atoms with Crippen LogP contribution in [0.25, 0.3) is 0 Å². The van der Waals surface area contributed by atoms with Crippen molar-refractivity contribution >= 4 is 11.6 Å². The Morgan fingerprint density at radius 2 is 1.97 bits per heavy atom. The standard InChI is InChI=1S/C24H31FO6/c1-20(2)30-19-10-16-15-6-5-13-9-14(27)7-8-21(13,3)23(15,25)17(28)11-22(16,4)24(19,31-20)18(29)12-26/h7-9,15-17,19,26,28H,5-6,10-12H2,1-4H3/t15-,16-,17-,19-,21-,22-,23?,24+/m0/s1. The average Bonchev–Trinajstić information content (AvgIpc) is 3.09. The number of ether oxygens (including phenoxy) is 2. The number of halogens is 1.